The molecule has 1 spiro atoms. The van der Waals surface area contributed by atoms with Crippen LogP contribution in [0.25, 0.3) is 0 Å². The maximum absolute atomic E-state index is 14.7. The summed E-state index contributed by atoms with van der Waals surface area (Å²) >= 11 is 0. The number of nitrogens with one attached hydrogen (secondary N) is 3. The minimum atomic E-state index is -4.70. The van der Waals surface area contributed by atoms with E-state index in [2.05, 4.69) is 42.3 Å². The van der Waals surface area contributed by atoms with Crippen molar-refractivity contribution in [1.29, 1.82) is 0 Å². The lowest BCUT2D eigenvalue weighted by atomic mass is 9.63. The minimum absolute atomic E-state index is 0.0106. The van der Waals surface area contributed by atoms with Gasteiger partial charge >= 0.3 is 6.18 Å². The van der Waals surface area contributed by atoms with Crippen LogP contribution in [0.5, 0.6) is 0 Å². The van der Waals surface area contributed by atoms with Crippen LogP contribution in [0.2, 0.25) is 0 Å². The van der Waals surface area contributed by atoms with Crippen molar-refractivity contribution < 1.29 is 39.5 Å². The van der Waals surface area contributed by atoms with Crippen molar-refractivity contribution in [1.82, 2.24) is 29.6 Å². The molecule has 3 saturated carbocycles. The lowest BCUT2D eigenvalue weighted by Gasteiger charge is -2.51. The average molecular weight is 994 g/mol. The number of ether oxygens (including phenoxy) is 1. The number of fused-ring (bicyclic) bond motifs is 1. The molecule has 0 radical (unpaired) electrons. The van der Waals surface area contributed by atoms with E-state index in [0.717, 1.165) is 63.4 Å². The summed E-state index contributed by atoms with van der Waals surface area (Å²) in [6.45, 7) is 9.32. The van der Waals surface area contributed by atoms with Crippen LogP contribution in [0.3, 0.4) is 0 Å². The molecule has 1 atom stereocenters. The predicted octanol–water partition coefficient (Wildman–Crippen LogP) is 8.63. The van der Waals surface area contributed by atoms with Crippen LogP contribution in [0.1, 0.15) is 125 Å². The second-order valence-corrected chi connectivity index (χ2v) is 24.8. The molecule has 15 nitrogen and oxygen atoms in total. The normalized spacial score (nSPS) is 24.7. The van der Waals surface area contributed by atoms with E-state index in [1.165, 1.54) is 25.2 Å². The fraction of sp³-hybridized carbons (Fsp3) is 0.571. The molecule has 2 aromatic heterocycles. The molecule has 4 aromatic rings. The second-order valence-electron chi connectivity index (χ2n) is 20.7. The summed E-state index contributed by atoms with van der Waals surface area (Å²) in [4.78, 5) is 37.2. The summed E-state index contributed by atoms with van der Waals surface area (Å²) < 4.78 is 104. The number of amides is 1. The van der Waals surface area contributed by atoms with Gasteiger partial charge in [-0.3, -0.25) is 9.69 Å². The number of sulfonamides is 1. The van der Waals surface area contributed by atoms with Crippen molar-refractivity contribution in [2.45, 2.75) is 149 Å². The van der Waals surface area contributed by atoms with Gasteiger partial charge in [0, 0.05) is 41.3 Å². The maximum Gasteiger partial charge on any atom is 0.419 e. The van der Waals surface area contributed by atoms with E-state index in [9.17, 15) is 34.8 Å². The number of sulfone groups is 1. The SMILES string of the molecule is CNS(=O)(=O)c1ccc(Nc2ncc(C(F)(F)F)c(C3CCC(C)(OCC4(C)C(=O)N(C5CCCC5)c5nc(Nc6ccc(S(=O)(=O)C7CC8(CCN(C)CC8)C7)cc6C)ncc54)CC3)n2)c(C)c1. The smallest absolute Gasteiger partial charge is 0.374 e. The number of piperidine rings is 1. The van der Waals surface area contributed by atoms with Gasteiger partial charge in [-0.1, -0.05) is 12.8 Å². The molecule has 372 valence electrons. The topological polar surface area (TPSA) is 189 Å². The Morgan fingerprint density at radius 1 is 0.812 bits per heavy atom. The fourth-order valence-electron chi connectivity index (χ4n) is 11.1. The third-order valence-electron chi connectivity index (χ3n) is 15.8. The first-order valence-corrected chi connectivity index (χ1v) is 27.0. The molecular weight excluding hydrogens is 932 g/mol. The minimum Gasteiger partial charge on any atom is -0.374 e. The number of nitrogens with zero attached hydrogens (tertiary/aromatic N) is 6. The van der Waals surface area contributed by atoms with E-state index in [0.29, 0.717) is 71.7 Å². The molecule has 1 unspecified atom stereocenters. The number of benzene rings is 2. The number of carbonyl (C=O) groups excluding carboxylic acids is 1. The van der Waals surface area contributed by atoms with Gasteiger partial charge in [0.25, 0.3) is 0 Å². The number of alkyl halides is 3. The van der Waals surface area contributed by atoms with Crippen LogP contribution in [-0.2, 0) is 41.0 Å². The molecule has 9 rings (SSSR count). The van der Waals surface area contributed by atoms with Crippen molar-refractivity contribution in [2.75, 3.05) is 49.3 Å². The summed E-state index contributed by atoms with van der Waals surface area (Å²) in [5.41, 5.74) is 0.193. The van der Waals surface area contributed by atoms with E-state index in [1.807, 2.05) is 20.8 Å². The molecule has 2 aliphatic heterocycles. The monoisotopic (exact) mass is 993 g/mol. The molecule has 4 heterocycles. The molecule has 69 heavy (non-hydrogen) atoms. The van der Waals surface area contributed by atoms with Gasteiger partial charge in [0.15, 0.2) is 9.84 Å². The zero-order valence-corrected chi connectivity index (χ0v) is 41.7. The average Bonchev–Trinajstić information content (AvgIpc) is 3.90. The Labute approximate surface area is 402 Å². The molecule has 0 bridgehead atoms. The van der Waals surface area contributed by atoms with Crippen molar-refractivity contribution in [3.8, 4) is 0 Å². The molecule has 1 saturated heterocycles. The van der Waals surface area contributed by atoms with Crippen LogP contribution < -0.4 is 20.3 Å². The lowest BCUT2D eigenvalue weighted by molar-refractivity contribution is -0.139. The van der Waals surface area contributed by atoms with Gasteiger partial charge in [0.1, 0.15) is 11.2 Å². The zero-order chi connectivity index (χ0) is 49.3. The molecule has 1 amide bonds. The Balaban J connectivity index is 0.888. The van der Waals surface area contributed by atoms with E-state index in [-0.39, 0.29) is 51.7 Å². The summed E-state index contributed by atoms with van der Waals surface area (Å²) in [5.74, 6) is 0.0433. The van der Waals surface area contributed by atoms with Crippen molar-refractivity contribution in [3.05, 3.63) is 76.7 Å². The number of halogens is 3. The van der Waals surface area contributed by atoms with Crippen molar-refractivity contribution in [2.24, 2.45) is 5.41 Å². The van der Waals surface area contributed by atoms with Crippen LogP contribution >= 0.6 is 0 Å². The lowest BCUT2D eigenvalue weighted by Crippen LogP contribution is -2.50. The van der Waals surface area contributed by atoms with Gasteiger partial charge in [0.05, 0.1) is 38.5 Å². The van der Waals surface area contributed by atoms with E-state index in [1.54, 1.807) is 36.2 Å². The quantitative estimate of drug-likeness (QED) is 0.116. The van der Waals surface area contributed by atoms with Crippen molar-refractivity contribution in [3.63, 3.8) is 0 Å². The summed E-state index contributed by atoms with van der Waals surface area (Å²) in [7, 11) is -3.79. The van der Waals surface area contributed by atoms with Gasteiger partial charge in [-0.15, -0.1) is 0 Å². The highest BCUT2D eigenvalue weighted by Gasteiger charge is 2.53. The number of aromatic nitrogens is 4. The first-order valence-electron chi connectivity index (χ1n) is 23.9. The Morgan fingerprint density at radius 2 is 1.39 bits per heavy atom. The summed E-state index contributed by atoms with van der Waals surface area (Å²) in [6, 6.07) is 9.43. The third-order valence-corrected chi connectivity index (χ3v) is 19.4. The number of carbonyl (C=O) groups is 1. The van der Waals surface area contributed by atoms with Crippen LogP contribution in [0.15, 0.2) is 58.6 Å². The molecular formula is C49H62F3N9O6S2. The number of anilines is 5. The third kappa shape index (κ3) is 9.47. The molecule has 4 fully saturated rings. The number of rotatable bonds is 13. The molecule has 3 N–H and O–H groups in total. The Kier molecular flexibility index (Phi) is 12.9. The van der Waals surface area contributed by atoms with Gasteiger partial charge in [-0.25, -0.2) is 36.5 Å². The van der Waals surface area contributed by atoms with E-state index < -0.39 is 48.5 Å². The highest BCUT2D eigenvalue weighted by atomic mass is 32.2. The Bertz CT molecular complexity index is 2860. The largest absolute Gasteiger partial charge is 0.419 e. The van der Waals surface area contributed by atoms with Gasteiger partial charge in [0.2, 0.25) is 27.8 Å². The molecule has 2 aromatic carbocycles. The Hall–Kier alpha value is -4.76. The first-order chi connectivity index (χ1) is 32.5. The van der Waals surface area contributed by atoms with Crippen LogP contribution in [-0.4, -0.2) is 98.3 Å². The summed E-state index contributed by atoms with van der Waals surface area (Å²) in [5, 5.41) is 5.89. The van der Waals surface area contributed by atoms with Crippen molar-refractivity contribution >= 4 is 54.9 Å². The summed E-state index contributed by atoms with van der Waals surface area (Å²) in [6.07, 6.45) is 6.35. The van der Waals surface area contributed by atoms with E-state index >= 15 is 0 Å². The van der Waals surface area contributed by atoms with Gasteiger partial charge in [-0.2, -0.15) is 18.2 Å². The zero-order valence-electron chi connectivity index (χ0n) is 40.0. The fourth-order valence-corrected chi connectivity index (χ4v) is 14.1. The van der Waals surface area contributed by atoms with Gasteiger partial charge < -0.3 is 20.3 Å². The number of aryl methyl sites for hydroxylation is 2. The predicted molar refractivity (Wildman–Crippen MR) is 256 cm³/mol. The highest BCUT2D eigenvalue weighted by Crippen LogP contribution is 2.53. The first kappa shape index (κ1) is 49.2. The number of hydrogen-bond donors (Lipinski definition) is 3. The van der Waals surface area contributed by atoms with Gasteiger partial charge in [-0.05, 0) is 172 Å². The Morgan fingerprint density at radius 3 is 1.99 bits per heavy atom. The number of hydrogen-bond acceptors (Lipinski definition) is 13. The van der Waals surface area contributed by atoms with Crippen LogP contribution in [0.4, 0.5) is 42.3 Å². The molecule has 20 heteroatoms. The highest BCUT2D eigenvalue weighted by molar-refractivity contribution is 7.92. The second kappa shape index (κ2) is 18.1. The molecule has 3 aliphatic carbocycles. The van der Waals surface area contributed by atoms with E-state index in [4.69, 9.17) is 9.72 Å². The maximum atomic E-state index is 14.7. The van der Waals surface area contributed by atoms with Crippen LogP contribution in [0, 0.1) is 19.3 Å². The number of likely N-dealkylation sites (tertiary alicyclic amines) is 1. The molecule has 5 aliphatic rings. The standard InChI is InChI=1S/C49H62F3N9O6S2/c1-30-23-34(68(63,64)36-25-48(26-36)19-21-60(6)22-20-48)11-13-39(30)57-45-55-28-38-42(59-45)61(33-9-7-8-10-33)43(62)47(38,4)29-67-46(3)17-15-32(16-18-46)41-37(49(50,51)52)27-54-44(58-41)56-40-14-12-35(24-31(40)2)69(65,66)53-5/h11-14,23-24,27-28,32-33,36,53H,7-10,15-22,25-26,29H2,1-6H3,(H,54,56,58)(H,55,57,59).